The molecule has 1 aliphatic heterocycles. The number of ether oxygens (including phenoxy) is 1. The first kappa shape index (κ1) is 20.9. The Morgan fingerprint density at radius 2 is 1.71 bits per heavy atom. The number of hydrogen-bond acceptors (Lipinski definition) is 3. The Hall–Kier alpha value is -3.35. The zero-order valence-corrected chi connectivity index (χ0v) is 17.0. The van der Waals surface area contributed by atoms with Crippen LogP contribution in [0.3, 0.4) is 0 Å². The summed E-state index contributed by atoms with van der Waals surface area (Å²) >= 11 is 0. The maximum atomic E-state index is 13.3. The standard InChI is InChI=1S/C24H20F3NO3/c1-14(29)11-16-7-9-17(10-8-16)28-12-20-21(23(28)30)15(2)18-5-3-4-6-19(18)22(20)31-13-24(25,26)27/h3-10H,11-13H2,1-2H3. The van der Waals surface area contributed by atoms with Gasteiger partial charge in [-0.3, -0.25) is 9.59 Å². The van der Waals surface area contributed by atoms with Crippen LogP contribution in [0.4, 0.5) is 18.9 Å². The highest BCUT2D eigenvalue weighted by atomic mass is 19.4. The Bertz CT molecular complexity index is 1180. The van der Waals surface area contributed by atoms with E-state index in [-0.39, 0.29) is 24.0 Å². The lowest BCUT2D eigenvalue weighted by atomic mass is 9.95. The number of nitrogens with zero attached hydrogens (tertiary/aromatic N) is 1. The average Bonchev–Trinajstić information content (AvgIpc) is 3.05. The first-order valence-electron chi connectivity index (χ1n) is 9.79. The number of carbonyl (C=O) groups is 2. The molecule has 4 rings (SSSR count). The lowest BCUT2D eigenvalue weighted by Crippen LogP contribution is -2.23. The number of hydrogen-bond donors (Lipinski definition) is 0. The summed E-state index contributed by atoms with van der Waals surface area (Å²) in [6.45, 7) is 1.98. The third kappa shape index (κ3) is 4.00. The van der Waals surface area contributed by atoms with E-state index in [1.54, 1.807) is 55.5 Å². The van der Waals surface area contributed by atoms with Crippen molar-refractivity contribution < 1.29 is 27.5 Å². The Kier molecular flexibility index (Phi) is 5.21. The fourth-order valence-corrected chi connectivity index (χ4v) is 4.06. The summed E-state index contributed by atoms with van der Waals surface area (Å²) in [5.74, 6) is -0.154. The highest BCUT2D eigenvalue weighted by molar-refractivity contribution is 6.15. The van der Waals surface area contributed by atoms with Crippen LogP contribution in [0, 0.1) is 6.92 Å². The molecule has 160 valence electrons. The number of rotatable bonds is 5. The molecule has 0 radical (unpaired) electrons. The monoisotopic (exact) mass is 427 g/mol. The highest BCUT2D eigenvalue weighted by Gasteiger charge is 2.36. The van der Waals surface area contributed by atoms with E-state index in [4.69, 9.17) is 4.74 Å². The van der Waals surface area contributed by atoms with Gasteiger partial charge in [-0.25, -0.2) is 0 Å². The van der Waals surface area contributed by atoms with Gasteiger partial charge in [0.05, 0.1) is 12.1 Å². The summed E-state index contributed by atoms with van der Waals surface area (Å²) in [5.41, 5.74) is 2.99. The molecule has 0 atom stereocenters. The predicted octanol–water partition coefficient (Wildman–Crippen LogP) is 5.38. The topological polar surface area (TPSA) is 46.6 Å². The number of aryl methyl sites for hydroxylation is 1. The van der Waals surface area contributed by atoms with Crippen molar-refractivity contribution in [3.8, 4) is 5.75 Å². The zero-order valence-electron chi connectivity index (χ0n) is 17.0. The van der Waals surface area contributed by atoms with Crippen LogP contribution in [-0.2, 0) is 17.8 Å². The molecule has 3 aromatic rings. The molecule has 0 aliphatic carbocycles. The molecule has 1 amide bonds. The van der Waals surface area contributed by atoms with E-state index in [9.17, 15) is 22.8 Å². The fourth-order valence-electron chi connectivity index (χ4n) is 4.06. The van der Waals surface area contributed by atoms with Gasteiger partial charge in [0.15, 0.2) is 6.61 Å². The molecule has 0 N–H and O–H groups in total. The number of anilines is 1. The Morgan fingerprint density at radius 1 is 1.06 bits per heavy atom. The molecule has 31 heavy (non-hydrogen) atoms. The van der Waals surface area contributed by atoms with E-state index >= 15 is 0 Å². The van der Waals surface area contributed by atoms with E-state index < -0.39 is 12.8 Å². The molecule has 0 fully saturated rings. The number of fused-ring (bicyclic) bond motifs is 2. The smallest absolute Gasteiger partial charge is 0.422 e. The Morgan fingerprint density at radius 3 is 2.32 bits per heavy atom. The molecule has 7 heteroatoms. The zero-order chi connectivity index (χ0) is 22.3. The number of amides is 1. The second-order valence-corrected chi connectivity index (χ2v) is 7.69. The molecule has 0 saturated heterocycles. The van der Waals surface area contributed by atoms with Crippen LogP contribution in [-0.4, -0.2) is 24.5 Å². The van der Waals surface area contributed by atoms with Crippen molar-refractivity contribution in [3.05, 3.63) is 70.8 Å². The Labute approximate surface area is 177 Å². The van der Waals surface area contributed by atoms with Crippen LogP contribution in [0.15, 0.2) is 48.5 Å². The first-order valence-corrected chi connectivity index (χ1v) is 9.79. The number of Topliss-reactive ketones (excluding diaryl/α,β-unsaturated/α-hetero) is 1. The summed E-state index contributed by atoms with van der Waals surface area (Å²) in [6, 6.07) is 14.0. The van der Waals surface area contributed by atoms with Crippen LogP contribution in [0.1, 0.15) is 34.0 Å². The lowest BCUT2D eigenvalue weighted by Gasteiger charge is -2.17. The van der Waals surface area contributed by atoms with Gasteiger partial charge in [0, 0.05) is 23.1 Å². The molecule has 4 nitrogen and oxygen atoms in total. The van der Waals surface area contributed by atoms with Gasteiger partial charge in [0.2, 0.25) is 0 Å². The second-order valence-electron chi connectivity index (χ2n) is 7.69. The van der Waals surface area contributed by atoms with Crippen molar-refractivity contribution in [2.24, 2.45) is 0 Å². The number of halogens is 3. The van der Waals surface area contributed by atoms with Crippen molar-refractivity contribution in [3.63, 3.8) is 0 Å². The van der Waals surface area contributed by atoms with Crippen molar-refractivity contribution >= 4 is 28.2 Å². The van der Waals surface area contributed by atoms with Crippen LogP contribution in [0.5, 0.6) is 5.75 Å². The average molecular weight is 427 g/mol. The summed E-state index contributed by atoms with van der Waals surface area (Å²) < 4.78 is 43.9. The third-order valence-electron chi connectivity index (χ3n) is 5.38. The minimum atomic E-state index is -4.49. The fraction of sp³-hybridized carbons (Fsp3) is 0.250. The van der Waals surface area contributed by atoms with Crippen molar-refractivity contribution in [2.45, 2.75) is 33.0 Å². The maximum Gasteiger partial charge on any atom is 0.422 e. The van der Waals surface area contributed by atoms with E-state index in [0.717, 1.165) is 5.56 Å². The normalized spacial score (nSPS) is 13.6. The summed E-state index contributed by atoms with van der Waals surface area (Å²) in [4.78, 5) is 26.1. The van der Waals surface area contributed by atoms with Crippen LogP contribution in [0.2, 0.25) is 0 Å². The number of alkyl halides is 3. The summed E-state index contributed by atoms with van der Waals surface area (Å²) in [7, 11) is 0. The third-order valence-corrected chi connectivity index (χ3v) is 5.38. The van der Waals surface area contributed by atoms with Crippen molar-refractivity contribution in [1.29, 1.82) is 0 Å². The minimum Gasteiger partial charge on any atom is -0.483 e. The molecule has 0 aromatic heterocycles. The van der Waals surface area contributed by atoms with Crippen molar-refractivity contribution in [2.75, 3.05) is 11.5 Å². The summed E-state index contributed by atoms with van der Waals surface area (Å²) in [6.07, 6.45) is -4.19. The molecule has 0 unspecified atom stereocenters. The molecule has 0 saturated carbocycles. The Balaban J connectivity index is 1.78. The predicted molar refractivity (Wildman–Crippen MR) is 112 cm³/mol. The van der Waals surface area contributed by atoms with Gasteiger partial charge in [0.25, 0.3) is 5.91 Å². The SMILES string of the molecule is CC(=O)Cc1ccc(N2Cc3c(c(C)c4ccccc4c3OCC(F)(F)F)C2=O)cc1. The van der Waals surface area contributed by atoms with Crippen molar-refractivity contribution in [1.82, 2.24) is 0 Å². The number of benzene rings is 3. The molecule has 3 aromatic carbocycles. The van der Waals surface area contributed by atoms with Gasteiger partial charge in [-0.1, -0.05) is 36.4 Å². The van der Waals surface area contributed by atoms with Crippen LogP contribution < -0.4 is 9.64 Å². The van der Waals surface area contributed by atoms with E-state index in [2.05, 4.69) is 0 Å². The summed E-state index contributed by atoms with van der Waals surface area (Å²) in [5, 5.41) is 1.24. The van der Waals surface area contributed by atoms with Crippen LogP contribution >= 0.6 is 0 Å². The molecule has 1 aliphatic rings. The quantitative estimate of drug-likeness (QED) is 0.549. The van der Waals surface area contributed by atoms with Gasteiger partial charge in [-0.15, -0.1) is 0 Å². The molecule has 0 bridgehead atoms. The highest BCUT2D eigenvalue weighted by Crippen LogP contribution is 2.42. The molecular formula is C24H20F3NO3. The van der Waals surface area contributed by atoms with Gasteiger partial charge in [-0.05, 0) is 42.5 Å². The minimum absolute atomic E-state index is 0.0335. The van der Waals surface area contributed by atoms with E-state index in [0.29, 0.717) is 39.6 Å². The van der Waals surface area contributed by atoms with Crippen LogP contribution in [0.25, 0.3) is 10.8 Å². The van der Waals surface area contributed by atoms with E-state index in [1.165, 1.54) is 11.8 Å². The maximum absolute atomic E-state index is 13.3. The van der Waals surface area contributed by atoms with Gasteiger partial charge in [0.1, 0.15) is 11.5 Å². The number of ketones is 1. The first-order chi connectivity index (χ1) is 14.7. The number of carbonyl (C=O) groups excluding carboxylic acids is 2. The van der Waals surface area contributed by atoms with Gasteiger partial charge >= 0.3 is 6.18 Å². The van der Waals surface area contributed by atoms with Gasteiger partial charge in [-0.2, -0.15) is 13.2 Å². The second kappa shape index (κ2) is 7.72. The lowest BCUT2D eigenvalue weighted by molar-refractivity contribution is -0.153. The largest absolute Gasteiger partial charge is 0.483 e. The molecular weight excluding hydrogens is 407 g/mol. The van der Waals surface area contributed by atoms with Gasteiger partial charge < -0.3 is 9.64 Å². The molecule has 1 heterocycles. The molecule has 0 spiro atoms. The van der Waals surface area contributed by atoms with E-state index in [1.807, 2.05) is 0 Å².